The maximum Gasteiger partial charge on any atom is 0.177 e. The Labute approximate surface area is 154 Å². The minimum atomic E-state index is -0.963. The normalized spacial score (nSPS) is 40.3. The van der Waals surface area contributed by atoms with Crippen LogP contribution in [-0.4, -0.2) is 53.2 Å². The molecule has 5 nitrogen and oxygen atoms in total. The monoisotopic (exact) mass is 357 g/mol. The third-order valence-corrected chi connectivity index (χ3v) is 7.64. The summed E-state index contributed by atoms with van der Waals surface area (Å²) >= 11 is 0. The molecule has 0 radical (unpaired) electrons. The van der Waals surface area contributed by atoms with Crippen molar-refractivity contribution in [2.24, 2.45) is 0 Å². The molecule has 2 heterocycles. The van der Waals surface area contributed by atoms with Crippen LogP contribution in [-0.2, 0) is 21.4 Å². The van der Waals surface area contributed by atoms with Crippen LogP contribution in [0.1, 0.15) is 50.7 Å². The summed E-state index contributed by atoms with van der Waals surface area (Å²) in [6.45, 7) is 5.65. The van der Waals surface area contributed by atoms with Crippen LogP contribution in [0.3, 0.4) is 0 Å². The summed E-state index contributed by atoms with van der Waals surface area (Å²) in [5.74, 6) is 0.802. The van der Waals surface area contributed by atoms with Crippen LogP contribution in [0, 0.1) is 0 Å². The minimum absolute atomic E-state index is 0.139. The molecule has 2 bridgehead atoms. The fourth-order valence-electron chi connectivity index (χ4n) is 6.53. The van der Waals surface area contributed by atoms with Crippen LogP contribution >= 0.6 is 0 Å². The fraction of sp³-hybridized carbons (Fsp3) is 0.667. The molecular weight excluding hydrogens is 330 g/mol. The molecule has 2 aliphatic heterocycles. The van der Waals surface area contributed by atoms with Crippen molar-refractivity contribution >= 4 is 5.78 Å². The molecule has 4 aliphatic rings. The van der Waals surface area contributed by atoms with E-state index in [0.717, 1.165) is 37.8 Å². The van der Waals surface area contributed by atoms with E-state index in [2.05, 4.69) is 18.9 Å². The number of piperidine rings is 1. The maximum atomic E-state index is 13.2. The Kier molecular flexibility index (Phi) is 3.20. The number of ether oxygens (including phenoxy) is 2. The lowest BCUT2D eigenvalue weighted by Gasteiger charge is -2.66. The number of hydrogen-bond acceptors (Lipinski definition) is 5. The molecule has 1 spiro atoms. The SMILES string of the molecule is CCCO[C@@]12CCC(=O)[C@]3(C)Oc4c(O)ccc5c4[C@@]31CCN(C)[C@@H]2C5. The number of carbonyl (C=O) groups excluding carboxylic acids is 1. The third kappa shape index (κ3) is 1.55. The standard InChI is InChI=1S/C21H27NO4/c1-4-11-25-21-8-7-16(24)19(2)20(21)9-10-22(3)15(21)12-13-5-6-14(23)18(26-19)17(13)20/h5-6,15,23H,4,7-12H2,1-3H3/t15-,19+,20+,21-/m1/s1. The number of phenols is 1. The average Bonchev–Trinajstić information content (AvgIpc) is 2.91. The first-order chi connectivity index (χ1) is 12.4. The van der Waals surface area contributed by atoms with E-state index < -0.39 is 16.6 Å². The molecule has 4 atom stereocenters. The Balaban J connectivity index is 1.86. The van der Waals surface area contributed by atoms with Gasteiger partial charge in [-0.1, -0.05) is 13.0 Å². The van der Waals surface area contributed by atoms with E-state index in [4.69, 9.17) is 9.47 Å². The second kappa shape index (κ2) is 5.02. The number of benzene rings is 1. The Hall–Kier alpha value is -1.59. The quantitative estimate of drug-likeness (QED) is 0.901. The van der Waals surface area contributed by atoms with Gasteiger partial charge in [-0.25, -0.2) is 0 Å². The van der Waals surface area contributed by atoms with E-state index in [1.165, 1.54) is 5.56 Å². The van der Waals surface area contributed by atoms with Crippen molar-refractivity contribution in [3.05, 3.63) is 23.3 Å². The number of Topliss-reactive ketones (excluding diaryl/α,β-unsaturated/α-hetero) is 1. The molecule has 1 N–H and O–H groups in total. The van der Waals surface area contributed by atoms with Crippen molar-refractivity contribution in [1.29, 1.82) is 0 Å². The van der Waals surface area contributed by atoms with E-state index in [9.17, 15) is 9.90 Å². The highest BCUT2D eigenvalue weighted by atomic mass is 16.5. The molecule has 140 valence electrons. The topological polar surface area (TPSA) is 59.0 Å². The minimum Gasteiger partial charge on any atom is -0.504 e. The second-order valence-corrected chi connectivity index (χ2v) is 8.60. The van der Waals surface area contributed by atoms with Crippen molar-refractivity contribution in [2.75, 3.05) is 20.2 Å². The highest BCUT2D eigenvalue weighted by molar-refractivity contribution is 5.94. The molecule has 2 aliphatic carbocycles. The van der Waals surface area contributed by atoms with E-state index >= 15 is 0 Å². The van der Waals surface area contributed by atoms with E-state index in [0.29, 0.717) is 18.8 Å². The number of carbonyl (C=O) groups is 1. The second-order valence-electron chi connectivity index (χ2n) is 8.60. The van der Waals surface area contributed by atoms with Gasteiger partial charge >= 0.3 is 0 Å². The maximum absolute atomic E-state index is 13.2. The Morgan fingerprint density at radius 1 is 1.38 bits per heavy atom. The van der Waals surface area contributed by atoms with Crippen molar-refractivity contribution < 1.29 is 19.4 Å². The number of ketones is 1. The van der Waals surface area contributed by atoms with Crippen molar-refractivity contribution in [2.45, 2.75) is 68.6 Å². The summed E-state index contributed by atoms with van der Waals surface area (Å²) in [6, 6.07) is 3.95. The predicted octanol–water partition coefficient (Wildman–Crippen LogP) is 2.57. The molecule has 5 heteroatoms. The molecule has 2 fully saturated rings. The summed E-state index contributed by atoms with van der Waals surface area (Å²) in [6.07, 6.45) is 3.83. The van der Waals surface area contributed by atoms with Gasteiger partial charge in [0, 0.05) is 24.6 Å². The number of hydrogen-bond donors (Lipinski definition) is 1. The zero-order valence-corrected chi connectivity index (χ0v) is 15.8. The lowest BCUT2D eigenvalue weighted by atomic mass is 9.45. The van der Waals surface area contributed by atoms with Crippen LogP contribution in [0.15, 0.2) is 12.1 Å². The van der Waals surface area contributed by atoms with Gasteiger partial charge in [0.05, 0.1) is 11.0 Å². The van der Waals surface area contributed by atoms with E-state index in [1.54, 1.807) is 6.07 Å². The van der Waals surface area contributed by atoms with Gasteiger partial charge < -0.3 is 19.5 Å². The predicted molar refractivity (Wildman–Crippen MR) is 96.8 cm³/mol. The molecule has 5 rings (SSSR count). The van der Waals surface area contributed by atoms with Crippen LogP contribution in [0.4, 0.5) is 0 Å². The van der Waals surface area contributed by atoms with Gasteiger partial charge in [0.1, 0.15) is 0 Å². The fourth-order valence-corrected chi connectivity index (χ4v) is 6.53. The molecular formula is C21H27NO4. The first-order valence-corrected chi connectivity index (χ1v) is 9.83. The largest absolute Gasteiger partial charge is 0.504 e. The summed E-state index contributed by atoms with van der Waals surface area (Å²) in [7, 11) is 2.17. The van der Waals surface area contributed by atoms with Gasteiger partial charge in [0.2, 0.25) is 0 Å². The number of likely N-dealkylation sites (N-methyl/N-ethyl adjacent to an activating group) is 1. The molecule has 1 saturated heterocycles. The lowest BCUT2D eigenvalue weighted by Crippen LogP contribution is -2.80. The van der Waals surface area contributed by atoms with Gasteiger partial charge in [-0.2, -0.15) is 0 Å². The number of likely N-dealkylation sites (tertiary alicyclic amines) is 1. The van der Waals surface area contributed by atoms with Crippen molar-refractivity contribution in [3.8, 4) is 11.5 Å². The summed E-state index contributed by atoms with van der Waals surface area (Å²) in [4.78, 5) is 15.6. The van der Waals surface area contributed by atoms with Crippen molar-refractivity contribution in [3.63, 3.8) is 0 Å². The third-order valence-electron chi connectivity index (χ3n) is 7.64. The summed E-state index contributed by atoms with van der Waals surface area (Å²) < 4.78 is 13.1. The van der Waals surface area contributed by atoms with Gasteiger partial charge in [0.25, 0.3) is 0 Å². The highest BCUT2D eigenvalue weighted by Gasteiger charge is 2.78. The van der Waals surface area contributed by atoms with Crippen LogP contribution in [0.2, 0.25) is 0 Å². The Morgan fingerprint density at radius 2 is 2.19 bits per heavy atom. The summed E-state index contributed by atoms with van der Waals surface area (Å²) in [5.41, 5.74) is 0.333. The van der Waals surface area contributed by atoms with Gasteiger partial charge in [-0.3, -0.25) is 4.79 Å². The zero-order chi connectivity index (χ0) is 18.3. The molecule has 26 heavy (non-hydrogen) atoms. The van der Waals surface area contributed by atoms with Crippen LogP contribution in [0.25, 0.3) is 0 Å². The number of phenolic OH excluding ortho intramolecular Hbond substituents is 1. The Morgan fingerprint density at radius 3 is 2.96 bits per heavy atom. The van der Waals surface area contributed by atoms with Crippen LogP contribution in [0.5, 0.6) is 11.5 Å². The highest BCUT2D eigenvalue weighted by Crippen LogP contribution is 2.69. The Bertz CT molecular complexity index is 807. The van der Waals surface area contributed by atoms with Gasteiger partial charge in [-0.05, 0) is 57.8 Å². The van der Waals surface area contributed by atoms with Crippen molar-refractivity contribution in [1.82, 2.24) is 4.90 Å². The molecule has 0 unspecified atom stereocenters. The number of aromatic hydroxyl groups is 1. The molecule has 1 aromatic carbocycles. The molecule has 1 aromatic rings. The van der Waals surface area contributed by atoms with Gasteiger partial charge in [0.15, 0.2) is 22.9 Å². The lowest BCUT2D eigenvalue weighted by molar-refractivity contribution is -0.228. The van der Waals surface area contributed by atoms with Gasteiger partial charge in [-0.15, -0.1) is 0 Å². The first-order valence-electron chi connectivity index (χ1n) is 9.83. The molecule has 0 amide bonds. The summed E-state index contributed by atoms with van der Waals surface area (Å²) in [5, 5.41) is 10.5. The van der Waals surface area contributed by atoms with E-state index in [1.807, 2.05) is 13.0 Å². The molecule has 0 aromatic heterocycles. The molecule has 1 saturated carbocycles. The van der Waals surface area contributed by atoms with E-state index in [-0.39, 0.29) is 17.6 Å². The first kappa shape index (κ1) is 16.6. The smallest absolute Gasteiger partial charge is 0.177 e. The zero-order valence-electron chi connectivity index (χ0n) is 15.8. The number of nitrogens with zero attached hydrogens (tertiary/aromatic N) is 1. The average molecular weight is 357 g/mol. The number of rotatable bonds is 3. The van der Waals surface area contributed by atoms with Crippen LogP contribution < -0.4 is 4.74 Å².